The zero-order valence-corrected chi connectivity index (χ0v) is 25.3. The number of ether oxygens (including phenoxy) is 1. The van der Waals surface area contributed by atoms with Crippen molar-refractivity contribution in [3.63, 3.8) is 0 Å². The number of rotatable bonds is 6. The van der Waals surface area contributed by atoms with Gasteiger partial charge in [-0.05, 0) is 79.1 Å². The summed E-state index contributed by atoms with van der Waals surface area (Å²) in [5.41, 5.74) is 3.90. The molecule has 0 unspecified atom stereocenters. The van der Waals surface area contributed by atoms with Crippen LogP contribution in [0.15, 0.2) is 54.6 Å². The maximum Gasteiger partial charge on any atom is 0.232 e. The summed E-state index contributed by atoms with van der Waals surface area (Å²) in [5, 5.41) is 8.10. The van der Waals surface area contributed by atoms with Crippen molar-refractivity contribution in [2.24, 2.45) is 5.92 Å². The number of halogens is 1. The molecule has 1 atom stereocenters. The second kappa shape index (κ2) is 12.5. The highest BCUT2D eigenvalue weighted by molar-refractivity contribution is 7.80. The first-order valence-corrected chi connectivity index (χ1v) is 15.6. The lowest BCUT2D eigenvalue weighted by Gasteiger charge is -2.38. The molecular formula is C32H39ClN6OS. The fourth-order valence-electron chi connectivity index (χ4n) is 6.43. The van der Waals surface area contributed by atoms with E-state index in [0.717, 1.165) is 75.3 Å². The van der Waals surface area contributed by atoms with Crippen LogP contribution in [0, 0.1) is 5.92 Å². The highest BCUT2D eigenvalue weighted by Gasteiger charge is 2.35. The summed E-state index contributed by atoms with van der Waals surface area (Å²) in [7, 11) is 0. The summed E-state index contributed by atoms with van der Waals surface area (Å²) in [6.07, 6.45) is 5.26. The van der Waals surface area contributed by atoms with Crippen molar-refractivity contribution < 1.29 is 4.74 Å². The minimum absolute atomic E-state index is 0.103. The number of anilines is 3. The van der Waals surface area contributed by atoms with Crippen LogP contribution in [0.5, 0.6) is 0 Å². The van der Waals surface area contributed by atoms with E-state index < -0.39 is 0 Å². The third kappa shape index (κ3) is 6.60. The molecule has 0 aliphatic carbocycles. The van der Waals surface area contributed by atoms with Gasteiger partial charge in [0.15, 0.2) is 5.11 Å². The number of thiocarbonyl (C=S) groups is 1. The van der Waals surface area contributed by atoms with E-state index in [9.17, 15) is 0 Å². The molecule has 216 valence electrons. The molecule has 2 fully saturated rings. The van der Waals surface area contributed by atoms with E-state index in [1.54, 1.807) is 0 Å². The number of nitrogens with zero attached hydrogens (tertiary/aromatic N) is 4. The molecular weight excluding hydrogens is 552 g/mol. The minimum atomic E-state index is -0.103. The van der Waals surface area contributed by atoms with E-state index in [2.05, 4.69) is 69.8 Å². The Kier molecular flexibility index (Phi) is 8.60. The Hall–Kier alpha value is -2.94. The molecule has 2 saturated heterocycles. The van der Waals surface area contributed by atoms with Crippen LogP contribution in [-0.4, -0.2) is 54.5 Å². The van der Waals surface area contributed by atoms with Crippen LogP contribution in [-0.2, 0) is 23.1 Å². The number of piperidine rings is 1. The van der Waals surface area contributed by atoms with E-state index in [0.29, 0.717) is 23.5 Å². The van der Waals surface area contributed by atoms with E-state index in [1.807, 2.05) is 12.1 Å². The highest BCUT2D eigenvalue weighted by atomic mass is 35.5. The van der Waals surface area contributed by atoms with Gasteiger partial charge in [0.1, 0.15) is 11.6 Å². The number of benzene rings is 2. The van der Waals surface area contributed by atoms with Crippen molar-refractivity contribution in [2.75, 3.05) is 54.5 Å². The van der Waals surface area contributed by atoms with Crippen molar-refractivity contribution in [1.29, 1.82) is 0 Å². The molecule has 0 bridgehead atoms. The predicted octanol–water partition coefficient (Wildman–Crippen LogP) is 5.96. The Balaban J connectivity index is 1.22. The van der Waals surface area contributed by atoms with Gasteiger partial charge in [-0.1, -0.05) is 54.9 Å². The van der Waals surface area contributed by atoms with Crippen LogP contribution in [0.1, 0.15) is 49.3 Å². The SMILES string of the molecule is C[C@@H]1CCCN(c2cc(N3CCc4ccccc4C3)nc(NC(=S)NCC3(c4cccc(Cl)c4)CCOCC3)n2)C1. The average Bonchev–Trinajstić information content (AvgIpc) is 3.00. The summed E-state index contributed by atoms with van der Waals surface area (Å²) in [5.74, 6) is 3.08. The monoisotopic (exact) mass is 590 g/mol. The van der Waals surface area contributed by atoms with Crippen molar-refractivity contribution in [3.8, 4) is 0 Å². The third-order valence-corrected chi connectivity index (χ3v) is 9.32. The minimum Gasteiger partial charge on any atom is -0.381 e. The zero-order valence-electron chi connectivity index (χ0n) is 23.7. The van der Waals surface area contributed by atoms with Gasteiger partial charge in [-0.3, -0.25) is 0 Å². The van der Waals surface area contributed by atoms with Gasteiger partial charge in [0, 0.05) is 62.4 Å². The summed E-state index contributed by atoms with van der Waals surface area (Å²) in [4.78, 5) is 14.7. The van der Waals surface area contributed by atoms with Gasteiger partial charge in [0.2, 0.25) is 5.95 Å². The van der Waals surface area contributed by atoms with Gasteiger partial charge in [-0.2, -0.15) is 9.97 Å². The van der Waals surface area contributed by atoms with Crippen molar-refractivity contribution >= 4 is 46.5 Å². The molecule has 0 radical (unpaired) electrons. The Bertz CT molecular complexity index is 1380. The third-order valence-electron chi connectivity index (χ3n) is 8.83. The first-order valence-electron chi connectivity index (χ1n) is 14.8. The molecule has 3 aliphatic rings. The van der Waals surface area contributed by atoms with E-state index in [-0.39, 0.29) is 5.41 Å². The first kappa shape index (κ1) is 28.2. The lowest BCUT2D eigenvalue weighted by atomic mass is 9.74. The summed E-state index contributed by atoms with van der Waals surface area (Å²) >= 11 is 12.2. The van der Waals surface area contributed by atoms with Crippen LogP contribution >= 0.6 is 23.8 Å². The first-order chi connectivity index (χ1) is 20.0. The molecule has 6 rings (SSSR count). The Labute approximate surface area is 253 Å². The largest absolute Gasteiger partial charge is 0.381 e. The topological polar surface area (TPSA) is 65.5 Å². The lowest BCUT2D eigenvalue weighted by Crippen LogP contribution is -2.45. The van der Waals surface area contributed by atoms with E-state index in [1.165, 1.54) is 29.5 Å². The second-order valence-electron chi connectivity index (χ2n) is 11.8. The lowest BCUT2D eigenvalue weighted by molar-refractivity contribution is 0.0515. The molecule has 4 heterocycles. The number of nitrogens with one attached hydrogen (secondary N) is 2. The average molecular weight is 591 g/mol. The number of hydrogen-bond donors (Lipinski definition) is 2. The van der Waals surface area contributed by atoms with Crippen LogP contribution in [0.3, 0.4) is 0 Å². The van der Waals surface area contributed by atoms with Crippen molar-refractivity contribution in [2.45, 2.75) is 51.0 Å². The van der Waals surface area contributed by atoms with Crippen molar-refractivity contribution in [1.82, 2.24) is 15.3 Å². The fraction of sp³-hybridized carbons (Fsp3) is 0.469. The molecule has 3 aliphatic heterocycles. The molecule has 9 heteroatoms. The molecule has 7 nitrogen and oxygen atoms in total. The van der Waals surface area contributed by atoms with Gasteiger partial charge >= 0.3 is 0 Å². The van der Waals surface area contributed by atoms with Gasteiger partial charge < -0.3 is 25.2 Å². The Morgan fingerprint density at radius 1 is 1.02 bits per heavy atom. The fourth-order valence-corrected chi connectivity index (χ4v) is 6.79. The van der Waals surface area contributed by atoms with E-state index in [4.69, 9.17) is 38.5 Å². The summed E-state index contributed by atoms with van der Waals surface area (Å²) in [6.45, 7) is 8.22. The molecule has 2 aromatic carbocycles. The van der Waals surface area contributed by atoms with Crippen LogP contribution in [0.2, 0.25) is 5.02 Å². The standard InChI is InChI=1S/C32H39ClN6OS/c1-23-6-5-14-38(20-23)28-19-29(39-15-11-24-7-2-3-8-25(24)21-39)36-30(35-28)37-31(41)34-22-32(12-16-40-17-13-32)26-9-4-10-27(33)18-26/h2-4,7-10,18-19,23H,5-6,11-17,20-22H2,1H3,(H2,34,35,36,37,41)/t23-/m1/s1. The van der Waals surface area contributed by atoms with Gasteiger partial charge in [0.25, 0.3) is 0 Å². The number of hydrogen-bond acceptors (Lipinski definition) is 6. The molecule has 0 amide bonds. The number of fused-ring (bicyclic) bond motifs is 1. The van der Waals surface area contributed by atoms with Crippen LogP contribution in [0.4, 0.5) is 17.6 Å². The Morgan fingerprint density at radius 2 is 1.80 bits per heavy atom. The molecule has 1 aromatic heterocycles. The van der Waals surface area contributed by atoms with E-state index >= 15 is 0 Å². The maximum absolute atomic E-state index is 6.38. The predicted molar refractivity (Wildman–Crippen MR) is 171 cm³/mol. The van der Waals surface area contributed by atoms with Gasteiger partial charge in [-0.25, -0.2) is 0 Å². The van der Waals surface area contributed by atoms with Gasteiger partial charge in [0.05, 0.1) is 0 Å². The summed E-state index contributed by atoms with van der Waals surface area (Å²) < 4.78 is 5.71. The highest BCUT2D eigenvalue weighted by Crippen LogP contribution is 2.35. The summed E-state index contributed by atoms with van der Waals surface area (Å²) in [6, 6.07) is 19.0. The maximum atomic E-state index is 6.38. The van der Waals surface area contributed by atoms with Crippen molar-refractivity contribution in [3.05, 3.63) is 76.3 Å². The zero-order chi connectivity index (χ0) is 28.2. The number of aromatic nitrogens is 2. The second-order valence-corrected chi connectivity index (χ2v) is 12.6. The molecule has 2 N–H and O–H groups in total. The molecule has 3 aromatic rings. The molecule has 0 saturated carbocycles. The van der Waals surface area contributed by atoms with Crippen LogP contribution < -0.4 is 20.4 Å². The Morgan fingerprint density at radius 3 is 2.59 bits per heavy atom. The molecule has 0 spiro atoms. The smallest absolute Gasteiger partial charge is 0.232 e. The van der Waals surface area contributed by atoms with Gasteiger partial charge in [-0.15, -0.1) is 0 Å². The molecule has 41 heavy (non-hydrogen) atoms. The normalized spacial score (nSPS) is 20.3. The quantitative estimate of drug-likeness (QED) is 0.341. The van der Waals surface area contributed by atoms with Crippen LogP contribution in [0.25, 0.3) is 0 Å².